The van der Waals surface area contributed by atoms with Crippen LogP contribution in [0, 0.1) is 0 Å². The first kappa shape index (κ1) is 66.4. The zero-order chi connectivity index (χ0) is 51.7. The van der Waals surface area contributed by atoms with Crippen molar-refractivity contribution in [2.75, 3.05) is 26.4 Å². The van der Waals surface area contributed by atoms with Gasteiger partial charge in [0.15, 0.2) is 6.10 Å². The Morgan fingerprint density at radius 3 is 1.10 bits per heavy atom. The van der Waals surface area contributed by atoms with Gasteiger partial charge in [-0.1, -0.05) is 197 Å². The van der Waals surface area contributed by atoms with E-state index in [9.17, 15) is 19.0 Å². The predicted octanol–water partition coefficient (Wildman–Crippen LogP) is 16.7. The fraction of sp³-hybridized carbons (Fsp3) is 0.508. The topological polar surface area (TPSA) is 134 Å². The maximum absolute atomic E-state index is 12.7. The van der Waals surface area contributed by atoms with Crippen LogP contribution in [-0.2, 0) is 32.7 Å². The van der Waals surface area contributed by atoms with Gasteiger partial charge in [-0.25, -0.2) is 4.57 Å². The Kier molecular flexibility index (Phi) is 51.1. The van der Waals surface area contributed by atoms with Crippen LogP contribution in [-0.4, -0.2) is 49.3 Å². The highest BCUT2D eigenvalue weighted by molar-refractivity contribution is 7.47. The van der Waals surface area contributed by atoms with Gasteiger partial charge in [0.1, 0.15) is 6.61 Å². The Morgan fingerprint density at radius 2 is 0.732 bits per heavy atom. The van der Waals surface area contributed by atoms with Crippen LogP contribution in [0.15, 0.2) is 170 Å². The van der Waals surface area contributed by atoms with Crippen LogP contribution in [0.2, 0.25) is 0 Å². The molecule has 396 valence electrons. The third-order valence-corrected chi connectivity index (χ3v) is 11.1. The summed E-state index contributed by atoms with van der Waals surface area (Å²) < 4.78 is 32.9. The molecule has 3 N–H and O–H groups in total. The van der Waals surface area contributed by atoms with E-state index in [4.69, 9.17) is 24.3 Å². The molecule has 0 spiro atoms. The molecule has 0 radical (unpaired) electrons. The molecule has 9 nitrogen and oxygen atoms in total. The van der Waals surface area contributed by atoms with Crippen molar-refractivity contribution in [3.05, 3.63) is 170 Å². The van der Waals surface area contributed by atoms with E-state index in [1.54, 1.807) is 0 Å². The number of hydrogen-bond donors (Lipinski definition) is 2. The lowest BCUT2D eigenvalue weighted by molar-refractivity contribution is -0.161. The summed E-state index contributed by atoms with van der Waals surface area (Å²) in [6, 6.07) is 0. The number of hydrogen-bond acceptors (Lipinski definition) is 8. The molecule has 0 heterocycles. The van der Waals surface area contributed by atoms with Crippen molar-refractivity contribution >= 4 is 19.8 Å². The standard InChI is InChI=1S/C61H94NO8P/c1-3-5-7-9-11-13-15-17-19-21-23-25-27-28-29-30-32-34-36-38-40-42-44-46-48-50-52-54-61(64)70-59(58-69-71(65,66)68-56-55-62)57-67-60(63)53-51-49-47-45-43-41-39-37-35-33-31-26-24-22-20-18-16-14-12-10-8-6-4-2/h5-8,11-14,17-20,23-26,28-29,32-35,38-41,44,46,59H,3-4,9-10,15-16,21-22,27,30-31,36-37,42-43,45,47-58,62H2,1-2H3,(H,65,66)/b7-5-,8-6-,13-11-,14-12-,19-17-,20-18-,25-23-,26-24-,29-28-,34-32-,35-33-,40-38-,41-39-,46-44-. The molecule has 0 rings (SSSR count). The molecule has 2 atom stereocenters. The minimum absolute atomic E-state index is 0.0312. The molecule has 0 saturated carbocycles. The second-order valence-electron chi connectivity index (χ2n) is 16.6. The van der Waals surface area contributed by atoms with Gasteiger partial charge in [-0.3, -0.25) is 18.6 Å². The molecule has 0 aliphatic heterocycles. The van der Waals surface area contributed by atoms with Crippen LogP contribution in [0.5, 0.6) is 0 Å². The van der Waals surface area contributed by atoms with Crippen molar-refractivity contribution in [1.82, 2.24) is 0 Å². The first-order chi connectivity index (χ1) is 34.8. The molecule has 0 aliphatic rings. The van der Waals surface area contributed by atoms with Gasteiger partial charge in [0.2, 0.25) is 0 Å². The Bertz CT molecular complexity index is 1760. The van der Waals surface area contributed by atoms with Gasteiger partial charge >= 0.3 is 19.8 Å². The number of carbonyl (C=O) groups is 2. The summed E-state index contributed by atoms with van der Waals surface area (Å²) in [5.74, 6) is -0.927. The summed E-state index contributed by atoms with van der Waals surface area (Å²) in [5, 5.41) is 0. The third kappa shape index (κ3) is 54.6. The molecule has 10 heteroatoms. The molecule has 0 fully saturated rings. The Hall–Kier alpha value is -4.63. The molecule has 0 saturated heterocycles. The van der Waals surface area contributed by atoms with Crippen molar-refractivity contribution in [1.29, 1.82) is 0 Å². The molecule has 71 heavy (non-hydrogen) atoms. The number of esters is 2. The summed E-state index contributed by atoms with van der Waals surface area (Å²) >= 11 is 0. The SMILES string of the molecule is CC/C=C\C/C=C\C/C=C\C/C=C\C/C=C\C/C=C\C/C=C\C/C=C\CCCCC(=O)OC(COC(=O)CCCCCC/C=C\C/C=C\C/C=C\C/C=C\C/C=C\C/C=C\CC)COP(=O)(O)OCCN. The monoisotopic (exact) mass is 1000 g/mol. The van der Waals surface area contributed by atoms with Crippen LogP contribution < -0.4 is 5.73 Å². The molecule has 0 aromatic carbocycles. The van der Waals surface area contributed by atoms with Gasteiger partial charge in [0.05, 0.1) is 13.2 Å². The van der Waals surface area contributed by atoms with Crippen molar-refractivity contribution in [2.45, 2.75) is 174 Å². The van der Waals surface area contributed by atoms with Gasteiger partial charge in [-0.15, -0.1) is 0 Å². The molecule has 0 aliphatic carbocycles. The number of rotatable bonds is 47. The lowest BCUT2D eigenvalue weighted by Crippen LogP contribution is -2.29. The van der Waals surface area contributed by atoms with Crippen molar-refractivity contribution in [3.63, 3.8) is 0 Å². The minimum atomic E-state index is -4.42. The number of phosphoric acid groups is 1. The predicted molar refractivity (Wildman–Crippen MR) is 302 cm³/mol. The van der Waals surface area contributed by atoms with Crippen LogP contribution in [0.4, 0.5) is 0 Å². The number of allylic oxidation sites excluding steroid dienone is 28. The number of nitrogens with two attached hydrogens (primary N) is 1. The Labute approximate surface area is 431 Å². The van der Waals surface area contributed by atoms with E-state index >= 15 is 0 Å². The zero-order valence-electron chi connectivity index (χ0n) is 43.9. The van der Waals surface area contributed by atoms with Gasteiger partial charge in [0.25, 0.3) is 0 Å². The summed E-state index contributed by atoms with van der Waals surface area (Å²) in [6.45, 7) is 3.39. The highest BCUT2D eigenvalue weighted by Gasteiger charge is 2.26. The lowest BCUT2D eigenvalue weighted by Gasteiger charge is -2.19. The summed E-state index contributed by atoms with van der Waals surface area (Å²) in [7, 11) is -4.42. The van der Waals surface area contributed by atoms with Crippen molar-refractivity contribution in [2.24, 2.45) is 5.73 Å². The third-order valence-electron chi connectivity index (χ3n) is 10.1. The lowest BCUT2D eigenvalue weighted by atomic mass is 10.1. The number of ether oxygens (including phenoxy) is 2. The zero-order valence-corrected chi connectivity index (χ0v) is 44.8. The van der Waals surface area contributed by atoms with Crippen LogP contribution in [0.1, 0.15) is 168 Å². The number of carbonyl (C=O) groups excluding carboxylic acids is 2. The number of phosphoric ester groups is 1. The maximum atomic E-state index is 12.7. The molecular weight excluding hydrogens is 906 g/mol. The molecule has 2 unspecified atom stereocenters. The van der Waals surface area contributed by atoms with E-state index in [1.807, 2.05) is 0 Å². The summed E-state index contributed by atoms with van der Waals surface area (Å²) in [6.07, 6.45) is 81.1. The first-order valence-corrected chi connectivity index (χ1v) is 28.1. The summed E-state index contributed by atoms with van der Waals surface area (Å²) in [4.78, 5) is 35.1. The molecular formula is C61H94NO8P. The van der Waals surface area contributed by atoms with Crippen LogP contribution in [0.3, 0.4) is 0 Å². The van der Waals surface area contributed by atoms with E-state index < -0.39 is 32.5 Å². The average Bonchev–Trinajstić information content (AvgIpc) is 3.36. The second kappa shape index (κ2) is 54.7. The molecule has 0 amide bonds. The fourth-order valence-corrected chi connectivity index (χ4v) is 7.00. The second-order valence-corrected chi connectivity index (χ2v) is 18.1. The van der Waals surface area contributed by atoms with Gasteiger partial charge in [-0.2, -0.15) is 0 Å². The number of unbranched alkanes of at least 4 members (excludes halogenated alkanes) is 6. The fourth-order valence-electron chi connectivity index (χ4n) is 6.24. The quantitative estimate of drug-likeness (QED) is 0.0264. The molecule has 0 aromatic rings. The largest absolute Gasteiger partial charge is 0.472 e. The van der Waals surface area contributed by atoms with E-state index in [0.29, 0.717) is 12.8 Å². The highest BCUT2D eigenvalue weighted by atomic mass is 31.2. The van der Waals surface area contributed by atoms with Crippen LogP contribution in [0.25, 0.3) is 0 Å². The van der Waals surface area contributed by atoms with Crippen LogP contribution >= 0.6 is 7.82 Å². The maximum Gasteiger partial charge on any atom is 0.472 e. The Balaban J connectivity index is 4.25. The van der Waals surface area contributed by atoms with Crippen molar-refractivity contribution < 1.29 is 37.6 Å². The molecule has 0 aromatic heterocycles. The molecule has 0 bridgehead atoms. The van der Waals surface area contributed by atoms with E-state index in [0.717, 1.165) is 128 Å². The van der Waals surface area contributed by atoms with E-state index in [2.05, 4.69) is 184 Å². The average molecular weight is 1000 g/mol. The highest BCUT2D eigenvalue weighted by Crippen LogP contribution is 2.43. The van der Waals surface area contributed by atoms with Gasteiger partial charge in [-0.05, 0) is 128 Å². The smallest absolute Gasteiger partial charge is 0.462 e. The van der Waals surface area contributed by atoms with Gasteiger partial charge in [0, 0.05) is 19.4 Å². The van der Waals surface area contributed by atoms with E-state index in [1.165, 1.54) is 0 Å². The minimum Gasteiger partial charge on any atom is -0.462 e. The first-order valence-electron chi connectivity index (χ1n) is 26.6. The Morgan fingerprint density at radius 1 is 0.423 bits per heavy atom. The van der Waals surface area contributed by atoms with Gasteiger partial charge < -0.3 is 20.1 Å². The van der Waals surface area contributed by atoms with Crippen molar-refractivity contribution in [3.8, 4) is 0 Å². The van der Waals surface area contributed by atoms with E-state index in [-0.39, 0.29) is 32.6 Å². The normalized spacial score (nSPS) is 14.5. The summed E-state index contributed by atoms with van der Waals surface area (Å²) in [5.41, 5.74) is 5.37.